The van der Waals surface area contributed by atoms with Crippen molar-refractivity contribution in [2.24, 2.45) is 0 Å². The molecule has 6 heteroatoms. The zero-order valence-corrected chi connectivity index (χ0v) is 33.7. The molecule has 0 aliphatic carbocycles. The SMILES string of the molecule is CC/C=C\C/C=C\C/C=C\CC(=O)OC(COC(=O)CCC/C=C\C/C=C\C/C=C\CCCCCCCC)COC(=O)CCCC/C=C\C/C=C\CC. The Kier molecular flexibility index (Phi) is 38.2. The number of carbonyl (C=O) groups is 3. The lowest BCUT2D eigenvalue weighted by Crippen LogP contribution is -2.30. The lowest BCUT2D eigenvalue weighted by atomic mass is 10.1. The minimum Gasteiger partial charge on any atom is -0.462 e. The molecule has 0 aliphatic heterocycles. The summed E-state index contributed by atoms with van der Waals surface area (Å²) in [5.41, 5.74) is 0. The number of ether oxygens (including phenoxy) is 3. The summed E-state index contributed by atoms with van der Waals surface area (Å²) in [4.78, 5) is 37.4. The maximum atomic E-state index is 12.5. The Morgan fingerprint density at radius 1 is 0.415 bits per heavy atom. The fraction of sp³-hybridized carbons (Fsp3) is 0.596. The number of hydrogen-bond acceptors (Lipinski definition) is 6. The van der Waals surface area contributed by atoms with Crippen molar-refractivity contribution < 1.29 is 28.6 Å². The van der Waals surface area contributed by atoms with E-state index < -0.39 is 12.1 Å². The van der Waals surface area contributed by atoms with E-state index >= 15 is 0 Å². The Hall–Kier alpha value is -3.67. The maximum Gasteiger partial charge on any atom is 0.310 e. The molecule has 0 aliphatic rings. The van der Waals surface area contributed by atoms with Gasteiger partial charge in [0, 0.05) is 12.8 Å². The lowest BCUT2D eigenvalue weighted by Gasteiger charge is -2.18. The van der Waals surface area contributed by atoms with Gasteiger partial charge in [-0.15, -0.1) is 0 Å². The molecular formula is C47H74O6. The van der Waals surface area contributed by atoms with Gasteiger partial charge < -0.3 is 14.2 Å². The Labute approximate surface area is 324 Å². The molecule has 0 aromatic rings. The number of esters is 3. The average molecular weight is 735 g/mol. The summed E-state index contributed by atoms with van der Waals surface area (Å²) in [6.07, 6.45) is 53.1. The summed E-state index contributed by atoms with van der Waals surface area (Å²) in [7, 11) is 0. The lowest BCUT2D eigenvalue weighted by molar-refractivity contribution is -0.166. The fourth-order valence-corrected chi connectivity index (χ4v) is 5.03. The van der Waals surface area contributed by atoms with Crippen molar-refractivity contribution in [1.29, 1.82) is 0 Å². The monoisotopic (exact) mass is 735 g/mol. The Morgan fingerprint density at radius 3 is 1.32 bits per heavy atom. The number of rotatable bonds is 35. The molecule has 1 unspecified atom stereocenters. The molecule has 0 aromatic carbocycles. The summed E-state index contributed by atoms with van der Waals surface area (Å²) in [5, 5.41) is 0. The Morgan fingerprint density at radius 2 is 0.811 bits per heavy atom. The number of unbranched alkanes of at least 4 members (excludes halogenated alkanes) is 9. The van der Waals surface area contributed by atoms with E-state index in [1.807, 2.05) is 6.08 Å². The molecular weight excluding hydrogens is 661 g/mol. The predicted molar refractivity (Wildman–Crippen MR) is 224 cm³/mol. The van der Waals surface area contributed by atoms with Crippen LogP contribution in [0.4, 0.5) is 0 Å². The van der Waals surface area contributed by atoms with Crippen LogP contribution in [0, 0.1) is 0 Å². The van der Waals surface area contributed by atoms with Crippen molar-refractivity contribution in [2.45, 2.75) is 168 Å². The minimum absolute atomic E-state index is 0.0845. The Bertz CT molecular complexity index is 1120. The van der Waals surface area contributed by atoms with Crippen LogP contribution >= 0.6 is 0 Å². The van der Waals surface area contributed by atoms with E-state index in [-0.39, 0.29) is 44.4 Å². The van der Waals surface area contributed by atoms with Gasteiger partial charge in [-0.3, -0.25) is 14.4 Å². The highest BCUT2D eigenvalue weighted by molar-refractivity contribution is 5.72. The van der Waals surface area contributed by atoms with Gasteiger partial charge in [0.05, 0.1) is 6.42 Å². The van der Waals surface area contributed by atoms with Crippen LogP contribution in [-0.4, -0.2) is 37.2 Å². The van der Waals surface area contributed by atoms with Crippen LogP contribution in [0.15, 0.2) is 97.2 Å². The molecule has 0 N–H and O–H groups in total. The van der Waals surface area contributed by atoms with E-state index in [1.54, 1.807) is 6.08 Å². The molecule has 0 bridgehead atoms. The molecule has 0 radical (unpaired) electrons. The molecule has 0 aromatic heterocycles. The summed E-state index contributed by atoms with van der Waals surface area (Å²) < 4.78 is 16.4. The van der Waals surface area contributed by atoms with Crippen LogP contribution in [0.25, 0.3) is 0 Å². The van der Waals surface area contributed by atoms with Gasteiger partial charge in [0.15, 0.2) is 6.10 Å². The first-order valence-electron chi connectivity index (χ1n) is 20.7. The van der Waals surface area contributed by atoms with Crippen LogP contribution in [0.2, 0.25) is 0 Å². The van der Waals surface area contributed by atoms with Crippen LogP contribution in [0.3, 0.4) is 0 Å². The van der Waals surface area contributed by atoms with Crippen LogP contribution in [0.1, 0.15) is 162 Å². The van der Waals surface area contributed by atoms with Crippen molar-refractivity contribution in [3.05, 3.63) is 97.2 Å². The summed E-state index contributed by atoms with van der Waals surface area (Å²) >= 11 is 0. The molecule has 0 rings (SSSR count). The summed E-state index contributed by atoms with van der Waals surface area (Å²) in [6, 6.07) is 0. The van der Waals surface area contributed by atoms with Crippen LogP contribution < -0.4 is 0 Å². The van der Waals surface area contributed by atoms with Crippen LogP contribution in [0.5, 0.6) is 0 Å². The third-order valence-electron chi connectivity index (χ3n) is 8.09. The first-order valence-corrected chi connectivity index (χ1v) is 20.7. The van der Waals surface area contributed by atoms with E-state index in [2.05, 4.69) is 106 Å². The van der Waals surface area contributed by atoms with E-state index in [4.69, 9.17) is 14.2 Å². The highest BCUT2D eigenvalue weighted by Gasteiger charge is 2.19. The molecule has 0 saturated heterocycles. The fourth-order valence-electron chi connectivity index (χ4n) is 5.03. The molecule has 0 heterocycles. The van der Waals surface area contributed by atoms with Crippen molar-refractivity contribution in [2.75, 3.05) is 13.2 Å². The third kappa shape index (κ3) is 39.4. The number of hydrogen-bond donors (Lipinski definition) is 0. The van der Waals surface area contributed by atoms with Gasteiger partial charge in [-0.25, -0.2) is 0 Å². The normalized spacial score (nSPS) is 13.0. The average Bonchev–Trinajstić information content (AvgIpc) is 3.15. The zero-order chi connectivity index (χ0) is 38.7. The molecule has 53 heavy (non-hydrogen) atoms. The standard InChI is InChI=1S/C47H74O6/c1-4-7-10-13-16-19-20-21-22-23-24-25-26-29-31-34-37-40-46(49)52-43-44(53-47(50)41-38-35-32-28-18-15-12-9-6-3)42-51-45(48)39-36-33-30-27-17-14-11-8-5-2/h8-9,11-12,17-18,21-22,24-25,27-29,31,35,38,44H,4-7,10,13-16,19-20,23,26,30,32-34,36-37,39-43H2,1-3H3/b11-8-,12-9-,22-21-,25-24-,27-17-,28-18-,31-29-,38-35-. The predicted octanol–water partition coefficient (Wildman–Crippen LogP) is 13.1. The molecule has 0 amide bonds. The quantitative estimate of drug-likeness (QED) is 0.0279. The van der Waals surface area contributed by atoms with Gasteiger partial charge >= 0.3 is 17.9 Å². The maximum absolute atomic E-state index is 12.5. The molecule has 6 nitrogen and oxygen atoms in total. The minimum atomic E-state index is -0.856. The second kappa shape index (κ2) is 41.1. The second-order valence-corrected chi connectivity index (χ2v) is 13.1. The summed E-state index contributed by atoms with van der Waals surface area (Å²) in [6.45, 7) is 6.17. The molecule has 0 spiro atoms. The molecule has 1 atom stereocenters. The van der Waals surface area contributed by atoms with Crippen molar-refractivity contribution in [1.82, 2.24) is 0 Å². The van der Waals surface area contributed by atoms with E-state index in [0.29, 0.717) is 12.8 Å². The van der Waals surface area contributed by atoms with Gasteiger partial charge in [-0.1, -0.05) is 150 Å². The highest BCUT2D eigenvalue weighted by atomic mass is 16.6. The van der Waals surface area contributed by atoms with Gasteiger partial charge in [0.2, 0.25) is 0 Å². The molecule has 0 saturated carbocycles. The van der Waals surface area contributed by atoms with Crippen molar-refractivity contribution >= 4 is 17.9 Å². The Balaban J connectivity index is 4.52. The van der Waals surface area contributed by atoms with Crippen molar-refractivity contribution in [3.63, 3.8) is 0 Å². The third-order valence-corrected chi connectivity index (χ3v) is 8.09. The molecule has 298 valence electrons. The topological polar surface area (TPSA) is 78.9 Å². The van der Waals surface area contributed by atoms with E-state index in [9.17, 15) is 14.4 Å². The largest absolute Gasteiger partial charge is 0.462 e. The van der Waals surface area contributed by atoms with Gasteiger partial charge in [0.25, 0.3) is 0 Å². The van der Waals surface area contributed by atoms with Gasteiger partial charge in [-0.2, -0.15) is 0 Å². The number of carbonyl (C=O) groups excluding carboxylic acids is 3. The number of allylic oxidation sites excluding steroid dienone is 15. The van der Waals surface area contributed by atoms with E-state index in [0.717, 1.165) is 64.2 Å². The van der Waals surface area contributed by atoms with E-state index in [1.165, 1.54) is 44.9 Å². The first-order chi connectivity index (χ1) is 26.0. The summed E-state index contributed by atoms with van der Waals surface area (Å²) in [5.74, 6) is -1.18. The highest BCUT2D eigenvalue weighted by Crippen LogP contribution is 2.09. The first kappa shape index (κ1) is 49.3. The van der Waals surface area contributed by atoms with Crippen LogP contribution in [-0.2, 0) is 28.6 Å². The second-order valence-electron chi connectivity index (χ2n) is 13.1. The smallest absolute Gasteiger partial charge is 0.310 e. The zero-order valence-electron chi connectivity index (χ0n) is 33.7. The van der Waals surface area contributed by atoms with Crippen molar-refractivity contribution in [3.8, 4) is 0 Å². The molecule has 0 fully saturated rings. The van der Waals surface area contributed by atoms with Gasteiger partial charge in [-0.05, 0) is 89.9 Å². The van der Waals surface area contributed by atoms with Gasteiger partial charge in [0.1, 0.15) is 13.2 Å².